The Labute approximate surface area is 219 Å². The molecule has 0 amide bonds. The van der Waals surface area contributed by atoms with Crippen molar-refractivity contribution >= 4 is 28.4 Å². The summed E-state index contributed by atoms with van der Waals surface area (Å²) in [6.45, 7) is 3.97. The van der Waals surface area contributed by atoms with Crippen molar-refractivity contribution in [1.29, 1.82) is 0 Å². The Kier molecular flexibility index (Phi) is 6.23. The molecule has 0 radical (unpaired) electrons. The van der Waals surface area contributed by atoms with Gasteiger partial charge in [-0.2, -0.15) is 0 Å². The zero-order valence-corrected chi connectivity index (χ0v) is 20.7. The predicted molar refractivity (Wildman–Crippen MR) is 159 cm³/mol. The Morgan fingerprint density at radius 3 is 1.22 bits per heavy atom. The molecule has 176 valence electrons. The Balaban J connectivity index is 1.76. The molecule has 6 rings (SSSR count). The molecule has 0 saturated heterocycles. The lowest BCUT2D eigenvalue weighted by Gasteiger charge is -2.22. The SMILES string of the molecule is C=Cc1ccc(C2=C(c3ccccc3)C(c3ccccc3)C(c3ccccc3)=C2c2ccccc2)cc1. The minimum Gasteiger partial charge on any atom is -0.0985 e. The van der Waals surface area contributed by atoms with Gasteiger partial charge in [-0.05, 0) is 55.7 Å². The summed E-state index contributed by atoms with van der Waals surface area (Å²) >= 11 is 0. The minimum absolute atomic E-state index is 0.0929. The lowest BCUT2D eigenvalue weighted by molar-refractivity contribution is 1.14. The Hall–Kier alpha value is -4.68. The van der Waals surface area contributed by atoms with Crippen LogP contribution in [0.25, 0.3) is 28.4 Å². The standard InChI is InChI=1S/C37H28/c1-2-27-23-25-32(26-24-27)37-35(30-19-11-5-12-20-30)33(28-15-7-3-8-16-28)34(29-17-9-4-10-18-29)36(37)31-21-13-6-14-22-31/h2-26,33H,1H2. The molecule has 0 nitrogen and oxygen atoms in total. The highest BCUT2D eigenvalue weighted by atomic mass is 14.4. The second kappa shape index (κ2) is 10.1. The zero-order valence-electron chi connectivity index (χ0n) is 20.7. The number of benzene rings is 5. The highest BCUT2D eigenvalue weighted by molar-refractivity contribution is 6.29. The maximum Gasteiger partial charge on any atom is 0.0364 e. The number of hydrogen-bond donors (Lipinski definition) is 0. The normalized spacial score (nSPS) is 15.2. The van der Waals surface area contributed by atoms with Gasteiger partial charge in [0, 0.05) is 5.92 Å². The van der Waals surface area contributed by atoms with Crippen LogP contribution in [0, 0.1) is 0 Å². The van der Waals surface area contributed by atoms with E-state index in [9.17, 15) is 0 Å². The highest BCUT2D eigenvalue weighted by Gasteiger charge is 2.37. The van der Waals surface area contributed by atoms with Crippen molar-refractivity contribution in [1.82, 2.24) is 0 Å². The van der Waals surface area contributed by atoms with Crippen molar-refractivity contribution < 1.29 is 0 Å². The highest BCUT2D eigenvalue weighted by Crippen LogP contribution is 2.58. The lowest BCUT2D eigenvalue weighted by Crippen LogP contribution is -2.03. The smallest absolute Gasteiger partial charge is 0.0364 e. The van der Waals surface area contributed by atoms with Gasteiger partial charge in [-0.25, -0.2) is 0 Å². The molecule has 0 heteroatoms. The molecule has 0 N–H and O–H groups in total. The van der Waals surface area contributed by atoms with E-state index in [1.54, 1.807) is 0 Å². The summed E-state index contributed by atoms with van der Waals surface area (Å²) in [6.07, 6.45) is 1.90. The van der Waals surface area contributed by atoms with Crippen LogP contribution in [0.1, 0.15) is 39.3 Å². The first-order chi connectivity index (χ1) is 18.3. The number of hydrogen-bond acceptors (Lipinski definition) is 0. The van der Waals surface area contributed by atoms with E-state index in [-0.39, 0.29) is 5.92 Å². The lowest BCUT2D eigenvalue weighted by atomic mass is 9.81. The van der Waals surface area contributed by atoms with Crippen LogP contribution in [0.4, 0.5) is 0 Å². The van der Waals surface area contributed by atoms with Crippen LogP contribution >= 0.6 is 0 Å². The molecule has 0 aromatic heterocycles. The molecule has 0 heterocycles. The summed E-state index contributed by atoms with van der Waals surface area (Å²) in [5.41, 5.74) is 12.6. The van der Waals surface area contributed by atoms with E-state index in [0.29, 0.717) is 0 Å². The third-order valence-corrected chi connectivity index (χ3v) is 7.17. The van der Waals surface area contributed by atoms with E-state index >= 15 is 0 Å². The average Bonchev–Trinajstić information content (AvgIpc) is 3.35. The van der Waals surface area contributed by atoms with Crippen molar-refractivity contribution in [2.45, 2.75) is 5.92 Å². The van der Waals surface area contributed by atoms with Crippen molar-refractivity contribution in [2.24, 2.45) is 0 Å². The molecule has 37 heavy (non-hydrogen) atoms. The van der Waals surface area contributed by atoms with Gasteiger partial charge in [-0.3, -0.25) is 0 Å². The first-order valence-corrected chi connectivity index (χ1v) is 12.8. The van der Waals surface area contributed by atoms with Crippen molar-refractivity contribution in [3.05, 3.63) is 186 Å². The molecule has 1 aliphatic rings. The second-order valence-electron chi connectivity index (χ2n) is 9.35. The first kappa shape index (κ1) is 22.8. The van der Waals surface area contributed by atoms with Gasteiger partial charge >= 0.3 is 0 Å². The number of allylic oxidation sites excluding steroid dienone is 4. The van der Waals surface area contributed by atoms with Gasteiger partial charge in [0.1, 0.15) is 0 Å². The van der Waals surface area contributed by atoms with Crippen molar-refractivity contribution in [3.8, 4) is 0 Å². The van der Waals surface area contributed by atoms with Crippen LogP contribution in [-0.4, -0.2) is 0 Å². The maximum absolute atomic E-state index is 3.97. The Morgan fingerprint density at radius 2 is 0.784 bits per heavy atom. The molecule has 1 unspecified atom stereocenters. The van der Waals surface area contributed by atoms with Crippen molar-refractivity contribution in [3.63, 3.8) is 0 Å². The molecule has 1 atom stereocenters. The second-order valence-corrected chi connectivity index (χ2v) is 9.35. The third kappa shape index (κ3) is 4.28. The van der Waals surface area contributed by atoms with Crippen LogP contribution in [0.15, 0.2) is 152 Å². The third-order valence-electron chi connectivity index (χ3n) is 7.17. The first-order valence-electron chi connectivity index (χ1n) is 12.8. The number of rotatable bonds is 6. The quantitative estimate of drug-likeness (QED) is 0.231. The van der Waals surface area contributed by atoms with Gasteiger partial charge in [0.25, 0.3) is 0 Å². The van der Waals surface area contributed by atoms with Gasteiger partial charge in [-0.15, -0.1) is 0 Å². The Morgan fingerprint density at radius 1 is 0.405 bits per heavy atom. The van der Waals surface area contributed by atoms with E-state index in [0.717, 1.165) is 5.56 Å². The van der Waals surface area contributed by atoms with Gasteiger partial charge in [0.05, 0.1) is 0 Å². The predicted octanol–water partition coefficient (Wildman–Crippen LogP) is 9.65. The topological polar surface area (TPSA) is 0 Å². The molecular formula is C37H28. The van der Waals surface area contributed by atoms with Crippen LogP contribution in [-0.2, 0) is 0 Å². The van der Waals surface area contributed by atoms with Crippen molar-refractivity contribution in [2.75, 3.05) is 0 Å². The van der Waals surface area contributed by atoms with Gasteiger partial charge in [0.2, 0.25) is 0 Å². The summed E-state index contributed by atoms with van der Waals surface area (Å²) in [5.74, 6) is 0.0929. The average molecular weight is 473 g/mol. The molecule has 0 aliphatic heterocycles. The monoisotopic (exact) mass is 472 g/mol. The summed E-state index contributed by atoms with van der Waals surface area (Å²) < 4.78 is 0. The molecular weight excluding hydrogens is 444 g/mol. The summed E-state index contributed by atoms with van der Waals surface area (Å²) in [7, 11) is 0. The maximum atomic E-state index is 3.97. The molecule has 5 aromatic rings. The van der Waals surface area contributed by atoms with E-state index in [1.807, 2.05) is 6.08 Å². The van der Waals surface area contributed by atoms with Crippen LogP contribution in [0.2, 0.25) is 0 Å². The molecule has 0 saturated carbocycles. The van der Waals surface area contributed by atoms with E-state index in [2.05, 4.69) is 152 Å². The molecule has 0 fully saturated rings. The molecule has 5 aromatic carbocycles. The van der Waals surface area contributed by atoms with Crippen LogP contribution in [0.5, 0.6) is 0 Å². The molecule has 1 aliphatic carbocycles. The fourth-order valence-corrected chi connectivity index (χ4v) is 5.53. The Bertz CT molecular complexity index is 1570. The fourth-order valence-electron chi connectivity index (χ4n) is 5.53. The summed E-state index contributed by atoms with van der Waals surface area (Å²) in [5, 5.41) is 0. The van der Waals surface area contributed by atoms with Gasteiger partial charge < -0.3 is 0 Å². The van der Waals surface area contributed by atoms with Gasteiger partial charge in [-0.1, -0.05) is 158 Å². The fraction of sp³-hybridized carbons (Fsp3) is 0.0270. The van der Waals surface area contributed by atoms with E-state index < -0.39 is 0 Å². The molecule has 0 spiro atoms. The largest absolute Gasteiger partial charge is 0.0985 e. The van der Waals surface area contributed by atoms with E-state index in [4.69, 9.17) is 0 Å². The molecule has 0 bridgehead atoms. The van der Waals surface area contributed by atoms with E-state index in [1.165, 1.54) is 50.1 Å². The van der Waals surface area contributed by atoms with Gasteiger partial charge in [0.15, 0.2) is 0 Å². The summed E-state index contributed by atoms with van der Waals surface area (Å²) in [6, 6.07) is 52.4. The van der Waals surface area contributed by atoms with Crippen LogP contribution < -0.4 is 0 Å². The zero-order chi connectivity index (χ0) is 25.0. The van der Waals surface area contributed by atoms with Crippen LogP contribution in [0.3, 0.4) is 0 Å². The summed E-state index contributed by atoms with van der Waals surface area (Å²) in [4.78, 5) is 0. The minimum atomic E-state index is 0.0929.